The highest BCUT2D eigenvalue weighted by Gasteiger charge is 2.15. The molecule has 0 amide bonds. The lowest BCUT2D eigenvalue weighted by molar-refractivity contribution is -0.700. The Labute approximate surface area is 126 Å². The zero-order chi connectivity index (χ0) is 13.2. The van der Waals surface area contributed by atoms with E-state index in [2.05, 4.69) is 65.4 Å². The predicted octanol–water partition coefficient (Wildman–Crippen LogP) is 5.36. The maximum atomic E-state index is 2.57. The summed E-state index contributed by atoms with van der Waals surface area (Å²) in [6.45, 7) is 4.47. The van der Waals surface area contributed by atoms with E-state index >= 15 is 0 Å². The molecule has 0 aliphatic carbocycles. The number of nitrogens with zero attached hydrogens (tertiary/aromatic N) is 1. The average molecular weight is 360 g/mol. The van der Waals surface area contributed by atoms with Crippen molar-refractivity contribution in [1.29, 1.82) is 0 Å². The van der Waals surface area contributed by atoms with Crippen molar-refractivity contribution < 1.29 is 4.57 Å². The molecule has 0 spiro atoms. The summed E-state index contributed by atoms with van der Waals surface area (Å²) < 4.78 is 3.00. The first-order chi connectivity index (χ1) is 8.75. The van der Waals surface area contributed by atoms with Crippen LogP contribution in [-0.2, 0) is 0 Å². The van der Waals surface area contributed by atoms with E-state index in [0.29, 0.717) is 4.05 Å². The van der Waals surface area contributed by atoms with E-state index in [1.807, 2.05) is 0 Å². The van der Waals surface area contributed by atoms with Crippen LogP contribution in [0.25, 0.3) is 0 Å². The summed E-state index contributed by atoms with van der Waals surface area (Å²) in [6, 6.07) is 6.43. The van der Waals surface area contributed by atoms with Crippen molar-refractivity contribution >= 4 is 22.6 Å². The molecule has 0 radical (unpaired) electrons. The highest BCUT2D eigenvalue weighted by Crippen LogP contribution is 2.18. The van der Waals surface area contributed by atoms with E-state index < -0.39 is 0 Å². The quantitative estimate of drug-likeness (QED) is 0.242. The van der Waals surface area contributed by atoms with Crippen LogP contribution >= 0.6 is 22.6 Å². The van der Waals surface area contributed by atoms with Crippen LogP contribution in [0.4, 0.5) is 0 Å². The number of alkyl halides is 1. The van der Waals surface area contributed by atoms with Gasteiger partial charge in [0.15, 0.2) is 11.9 Å². The van der Waals surface area contributed by atoms with Gasteiger partial charge in [-0.05, 0) is 29.0 Å². The second kappa shape index (κ2) is 9.76. The number of hydrogen-bond donors (Lipinski definition) is 0. The SMILES string of the molecule is CCCCCCCCCC(I)[n+]1ccccc1C. The molecule has 0 aromatic carbocycles. The van der Waals surface area contributed by atoms with E-state index in [9.17, 15) is 0 Å². The summed E-state index contributed by atoms with van der Waals surface area (Å²) >= 11 is 2.57. The fourth-order valence-corrected chi connectivity index (χ4v) is 3.33. The molecule has 0 saturated heterocycles. The smallest absolute Gasteiger partial charge is 0.191 e. The number of rotatable bonds is 9. The lowest BCUT2D eigenvalue weighted by Gasteiger charge is -2.07. The number of pyridine rings is 1. The van der Waals surface area contributed by atoms with Gasteiger partial charge in [0.1, 0.15) is 0 Å². The second-order valence-electron chi connectivity index (χ2n) is 5.09. The summed E-state index contributed by atoms with van der Waals surface area (Å²) in [4.78, 5) is 0. The summed E-state index contributed by atoms with van der Waals surface area (Å²) in [6.07, 6.45) is 13.3. The van der Waals surface area contributed by atoms with Crippen molar-refractivity contribution in [2.75, 3.05) is 0 Å². The molecular formula is C16H27IN+. The molecule has 0 fully saturated rings. The van der Waals surface area contributed by atoms with Crippen LogP contribution in [0.5, 0.6) is 0 Å². The van der Waals surface area contributed by atoms with Crippen molar-refractivity contribution in [2.45, 2.75) is 69.3 Å². The Morgan fingerprint density at radius 2 is 1.72 bits per heavy atom. The van der Waals surface area contributed by atoms with Gasteiger partial charge in [-0.2, -0.15) is 4.57 Å². The van der Waals surface area contributed by atoms with Crippen LogP contribution < -0.4 is 4.57 Å². The van der Waals surface area contributed by atoms with Crippen molar-refractivity contribution in [3.8, 4) is 0 Å². The van der Waals surface area contributed by atoms with Gasteiger partial charge in [0, 0.05) is 25.5 Å². The van der Waals surface area contributed by atoms with E-state index in [1.165, 1.54) is 57.1 Å². The Bertz CT molecular complexity index is 325. The average Bonchev–Trinajstić information content (AvgIpc) is 2.38. The lowest BCUT2D eigenvalue weighted by atomic mass is 10.1. The Morgan fingerprint density at radius 3 is 2.39 bits per heavy atom. The van der Waals surface area contributed by atoms with Crippen molar-refractivity contribution in [2.24, 2.45) is 0 Å². The summed E-state index contributed by atoms with van der Waals surface area (Å²) in [5, 5.41) is 0. The van der Waals surface area contributed by atoms with Gasteiger partial charge in [-0.25, -0.2) is 0 Å². The van der Waals surface area contributed by atoms with Gasteiger partial charge in [-0.1, -0.05) is 51.5 Å². The minimum Gasteiger partial charge on any atom is -0.191 e. The Kier molecular flexibility index (Phi) is 8.64. The summed E-state index contributed by atoms with van der Waals surface area (Å²) in [5.74, 6) is 0. The molecule has 18 heavy (non-hydrogen) atoms. The van der Waals surface area contributed by atoms with E-state index in [0.717, 1.165) is 0 Å². The largest absolute Gasteiger partial charge is 0.207 e. The molecule has 1 aromatic rings. The number of unbranched alkanes of at least 4 members (excludes halogenated alkanes) is 6. The van der Waals surface area contributed by atoms with Gasteiger partial charge < -0.3 is 0 Å². The fourth-order valence-electron chi connectivity index (χ4n) is 2.26. The van der Waals surface area contributed by atoms with Crippen LogP contribution in [-0.4, -0.2) is 0 Å². The third kappa shape index (κ3) is 6.17. The molecule has 1 nitrogen and oxygen atoms in total. The molecule has 0 N–H and O–H groups in total. The maximum Gasteiger partial charge on any atom is 0.207 e. The number of hydrogen-bond acceptors (Lipinski definition) is 0. The molecule has 0 bridgehead atoms. The lowest BCUT2D eigenvalue weighted by Crippen LogP contribution is -2.38. The number of aromatic nitrogens is 1. The highest BCUT2D eigenvalue weighted by atomic mass is 127. The molecule has 0 saturated carbocycles. The Hall–Kier alpha value is -0.120. The van der Waals surface area contributed by atoms with Crippen molar-refractivity contribution in [3.63, 3.8) is 0 Å². The van der Waals surface area contributed by atoms with Crippen LogP contribution in [0.15, 0.2) is 24.4 Å². The maximum absolute atomic E-state index is 2.57. The first-order valence-corrected chi connectivity index (χ1v) is 8.61. The third-order valence-electron chi connectivity index (χ3n) is 3.45. The van der Waals surface area contributed by atoms with Crippen molar-refractivity contribution in [1.82, 2.24) is 0 Å². The predicted molar refractivity (Wildman–Crippen MR) is 87.0 cm³/mol. The Balaban J connectivity index is 2.14. The van der Waals surface area contributed by atoms with Crippen LogP contribution in [0.3, 0.4) is 0 Å². The van der Waals surface area contributed by atoms with Gasteiger partial charge in [-0.3, -0.25) is 0 Å². The Morgan fingerprint density at radius 1 is 1.06 bits per heavy atom. The molecule has 0 aliphatic heterocycles. The van der Waals surface area contributed by atoms with Crippen LogP contribution in [0.2, 0.25) is 0 Å². The molecule has 0 aliphatic rings. The fraction of sp³-hybridized carbons (Fsp3) is 0.688. The van der Waals surface area contributed by atoms with Crippen LogP contribution in [0, 0.1) is 6.92 Å². The van der Waals surface area contributed by atoms with E-state index in [4.69, 9.17) is 0 Å². The first kappa shape index (κ1) is 15.9. The van der Waals surface area contributed by atoms with E-state index in [-0.39, 0.29) is 0 Å². The molecule has 1 atom stereocenters. The van der Waals surface area contributed by atoms with Crippen LogP contribution in [0.1, 0.15) is 68.0 Å². The molecule has 2 heteroatoms. The zero-order valence-corrected chi connectivity index (χ0v) is 14.0. The van der Waals surface area contributed by atoms with E-state index in [1.54, 1.807) is 0 Å². The highest BCUT2D eigenvalue weighted by molar-refractivity contribution is 14.1. The minimum atomic E-state index is 0.611. The van der Waals surface area contributed by atoms with Gasteiger partial charge in [0.05, 0.1) is 0 Å². The van der Waals surface area contributed by atoms with Gasteiger partial charge in [-0.15, -0.1) is 0 Å². The van der Waals surface area contributed by atoms with Gasteiger partial charge in [0.2, 0.25) is 4.05 Å². The topological polar surface area (TPSA) is 3.88 Å². The summed E-state index contributed by atoms with van der Waals surface area (Å²) in [5.41, 5.74) is 1.36. The number of aryl methyl sites for hydroxylation is 1. The first-order valence-electron chi connectivity index (χ1n) is 7.36. The standard InChI is InChI=1S/C16H27IN/c1-3-4-5-6-7-8-9-13-16(17)18-14-11-10-12-15(18)2/h10-12,14,16H,3-9,13H2,1-2H3/q+1. The monoisotopic (exact) mass is 360 g/mol. The molecule has 102 valence electrons. The van der Waals surface area contributed by atoms with Gasteiger partial charge >= 0.3 is 0 Å². The van der Waals surface area contributed by atoms with Gasteiger partial charge in [0.25, 0.3) is 0 Å². The molecule has 1 rings (SSSR count). The van der Waals surface area contributed by atoms with Crippen molar-refractivity contribution in [3.05, 3.63) is 30.1 Å². The molecule has 1 aromatic heterocycles. The molecular weight excluding hydrogens is 333 g/mol. The number of halogens is 1. The minimum absolute atomic E-state index is 0.611. The normalized spacial score (nSPS) is 12.6. The molecule has 1 unspecified atom stereocenters. The second-order valence-corrected chi connectivity index (χ2v) is 6.53. The molecule has 1 heterocycles. The third-order valence-corrected chi connectivity index (χ3v) is 4.67. The summed E-state index contributed by atoms with van der Waals surface area (Å²) in [7, 11) is 0. The zero-order valence-electron chi connectivity index (χ0n) is 11.9.